The summed E-state index contributed by atoms with van der Waals surface area (Å²) in [6.45, 7) is 0.351. The average Bonchev–Trinajstić information content (AvgIpc) is 3.23. The number of ether oxygens (including phenoxy) is 2. The predicted molar refractivity (Wildman–Crippen MR) is 139 cm³/mol. The van der Waals surface area contributed by atoms with E-state index in [-0.39, 0.29) is 5.56 Å². The van der Waals surface area contributed by atoms with Gasteiger partial charge in [0.05, 0.1) is 23.3 Å². The van der Waals surface area contributed by atoms with Gasteiger partial charge in [0.25, 0.3) is 5.91 Å². The molecule has 3 aromatic rings. The van der Waals surface area contributed by atoms with Gasteiger partial charge in [-0.05, 0) is 65.4 Å². The zero-order valence-corrected chi connectivity index (χ0v) is 20.5. The molecule has 7 nitrogen and oxygen atoms in total. The van der Waals surface area contributed by atoms with E-state index in [1.54, 1.807) is 67.6 Å². The number of anilines is 1. The Morgan fingerprint density at radius 2 is 1.86 bits per heavy atom. The molecule has 0 saturated carbocycles. The van der Waals surface area contributed by atoms with Crippen molar-refractivity contribution in [2.24, 2.45) is 4.99 Å². The second-order valence-electron chi connectivity index (χ2n) is 7.52. The van der Waals surface area contributed by atoms with Gasteiger partial charge in [-0.25, -0.2) is 4.79 Å². The number of aromatic carboxylic acids is 1. The summed E-state index contributed by atoms with van der Waals surface area (Å²) in [5.74, 6) is -0.357. The zero-order valence-electron chi connectivity index (χ0n) is 18.9. The number of halogens is 1. The topological polar surface area (TPSA) is 88.4 Å². The minimum atomic E-state index is -1.05. The number of carboxylic acid groups (broad SMARTS) is 1. The number of hydrogen-bond acceptors (Lipinski definition) is 6. The van der Waals surface area contributed by atoms with Crippen molar-refractivity contribution >= 4 is 52.2 Å². The quantitative estimate of drug-likeness (QED) is 0.407. The zero-order chi connectivity index (χ0) is 24.9. The molecule has 1 heterocycles. The molecule has 0 atom stereocenters. The van der Waals surface area contributed by atoms with Gasteiger partial charge in [-0.2, -0.15) is 4.99 Å². The predicted octanol–water partition coefficient (Wildman–Crippen LogP) is 5.73. The summed E-state index contributed by atoms with van der Waals surface area (Å²) in [6, 6.07) is 19.3. The first-order chi connectivity index (χ1) is 16.9. The Balaban J connectivity index is 1.49. The minimum absolute atomic E-state index is 0.127. The van der Waals surface area contributed by atoms with E-state index in [0.29, 0.717) is 38.9 Å². The van der Waals surface area contributed by atoms with Crippen molar-refractivity contribution in [2.45, 2.75) is 6.61 Å². The fourth-order valence-corrected chi connectivity index (χ4v) is 4.39. The van der Waals surface area contributed by atoms with Crippen LogP contribution in [0.3, 0.4) is 0 Å². The van der Waals surface area contributed by atoms with Gasteiger partial charge in [0.1, 0.15) is 6.61 Å². The molecule has 3 aromatic carbocycles. The van der Waals surface area contributed by atoms with Gasteiger partial charge in [0.15, 0.2) is 16.7 Å². The number of carbonyl (C=O) groups is 2. The number of para-hydroxylation sites is 1. The van der Waals surface area contributed by atoms with E-state index < -0.39 is 11.9 Å². The molecule has 1 amide bonds. The maximum absolute atomic E-state index is 12.6. The monoisotopic (exact) mass is 508 g/mol. The van der Waals surface area contributed by atoms with Crippen LogP contribution in [0.4, 0.5) is 5.69 Å². The molecule has 0 bridgehead atoms. The van der Waals surface area contributed by atoms with Crippen LogP contribution >= 0.6 is 23.4 Å². The first kappa shape index (κ1) is 24.4. The van der Waals surface area contributed by atoms with Gasteiger partial charge >= 0.3 is 5.97 Å². The van der Waals surface area contributed by atoms with Crippen LogP contribution in [0, 0.1) is 0 Å². The highest BCUT2D eigenvalue weighted by atomic mass is 35.5. The average molecular weight is 509 g/mol. The Hall–Kier alpha value is -3.75. The van der Waals surface area contributed by atoms with Crippen LogP contribution in [-0.2, 0) is 11.4 Å². The summed E-state index contributed by atoms with van der Waals surface area (Å²) >= 11 is 7.10. The second kappa shape index (κ2) is 10.7. The lowest BCUT2D eigenvalue weighted by Gasteiger charge is -2.19. The van der Waals surface area contributed by atoms with Crippen LogP contribution in [0.15, 0.2) is 76.6 Å². The molecule has 0 unspecified atom stereocenters. The van der Waals surface area contributed by atoms with E-state index in [9.17, 15) is 14.7 Å². The highest BCUT2D eigenvalue weighted by Gasteiger charge is 2.27. The fraction of sp³-hybridized carbons (Fsp3) is 0.115. The largest absolute Gasteiger partial charge is 0.493 e. The number of methoxy groups -OCH3 is 1. The summed E-state index contributed by atoms with van der Waals surface area (Å²) in [7, 11) is 3.23. The third-order valence-corrected chi connectivity index (χ3v) is 6.50. The van der Waals surface area contributed by atoms with Gasteiger partial charge in [-0.3, -0.25) is 4.79 Å². The van der Waals surface area contributed by atoms with Crippen LogP contribution < -0.4 is 14.4 Å². The molecular weight excluding hydrogens is 488 g/mol. The molecule has 0 spiro atoms. The lowest BCUT2D eigenvalue weighted by molar-refractivity contribution is -0.113. The highest BCUT2D eigenvalue weighted by molar-refractivity contribution is 8.18. The van der Waals surface area contributed by atoms with Crippen LogP contribution in [0.25, 0.3) is 6.08 Å². The van der Waals surface area contributed by atoms with Crippen molar-refractivity contribution in [1.82, 2.24) is 0 Å². The number of carboxylic acids is 1. The smallest absolute Gasteiger partial charge is 0.337 e. The molecule has 0 aliphatic carbocycles. The van der Waals surface area contributed by atoms with Crippen molar-refractivity contribution in [1.29, 1.82) is 0 Å². The van der Waals surface area contributed by atoms with Crippen LogP contribution in [-0.4, -0.2) is 36.3 Å². The number of amides is 1. The van der Waals surface area contributed by atoms with Gasteiger partial charge in [0, 0.05) is 12.1 Å². The van der Waals surface area contributed by atoms with Crippen molar-refractivity contribution in [3.63, 3.8) is 0 Å². The number of carbonyl (C=O) groups excluding carboxylic acids is 1. The SMILES string of the molecule is COc1cc(/C=C2\SC(N(C)c3ccccc3C(=O)O)=NC2=O)ccc1OCc1ccc(Cl)cc1. The minimum Gasteiger partial charge on any atom is -0.493 e. The number of hydrogen-bond donors (Lipinski definition) is 1. The summed E-state index contributed by atoms with van der Waals surface area (Å²) in [5, 5.41) is 10.5. The lowest BCUT2D eigenvalue weighted by Crippen LogP contribution is -2.24. The molecule has 1 aliphatic heterocycles. The van der Waals surface area contributed by atoms with E-state index >= 15 is 0 Å². The second-order valence-corrected chi connectivity index (χ2v) is 8.96. The normalized spacial score (nSPS) is 14.1. The number of thioether (sulfide) groups is 1. The number of nitrogens with zero attached hydrogens (tertiary/aromatic N) is 2. The molecule has 178 valence electrons. The summed E-state index contributed by atoms with van der Waals surface area (Å²) in [6.07, 6.45) is 1.71. The molecule has 0 saturated heterocycles. The van der Waals surface area contributed by atoms with Crippen LogP contribution in [0.5, 0.6) is 11.5 Å². The van der Waals surface area contributed by atoms with E-state index in [4.69, 9.17) is 21.1 Å². The third-order valence-electron chi connectivity index (χ3n) is 5.19. The Kier molecular flexibility index (Phi) is 7.43. The first-order valence-electron chi connectivity index (χ1n) is 10.5. The summed E-state index contributed by atoms with van der Waals surface area (Å²) < 4.78 is 11.4. The Morgan fingerprint density at radius 3 is 2.57 bits per heavy atom. The molecule has 0 aromatic heterocycles. The number of rotatable bonds is 7. The molecule has 0 fully saturated rings. The Morgan fingerprint density at radius 1 is 1.11 bits per heavy atom. The Bertz CT molecular complexity index is 1340. The molecule has 35 heavy (non-hydrogen) atoms. The van der Waals surface area contributed by atoms with E-state index in [1.807, 2.05) is 18.2 Å². The fourth-order valence-electron chi connectivity index (χ4n) is 3.38. The van der Waals surface area contributed by atoms with Gasteiger partial charge in [0.2, 0.25) is 0 Å². The van der Waals surface area contributed by atoms with Gasteiger partial charge < -0.3 is 19.5 Å². The molecule has 1 N–H and O–H groups in total. The van der Waals surface area contributed by atoms with Crippen molar-refractivity contribution < 1.29 is 24.2 Å². The highest BCUT2D eigenvalue weighted by Crippen LogP contribution is 2.35. The maximum Gasteiger partial charge on any atom is 0.337 e. The van der Waals surface area contributed by atoms with Crippen LogP contribution in [0.2, 0.25) is 5.02 Å². The molecular formula is C26H21ClN2O5S. The van der Waals surface area contributed by atoms with Gasteiger partial charge in [-0.15, -0.1) is 0 Å². The molecule has 4 rings (SSSR count). The lowest BCUT2D eigenvalue weighted by atomic mass is 10.1. The van der Waals surface area contributed by atoms with E-state index in [2.05, 4.69) is 4.99 Å². The van der Waals surface area contributed by atoms with Crippen molar-refractivity contribution in [2.75, 3.05) is 19.1 Å². The standard InChI is InChI=1S/C26H21ClN2O5S/c1-29(20-6-4-3-5-19(20)25(31)32)26-28-24(30)23(35-26)14-17-9-12-21(22(13-17)33-2)34-15-16-7-10-18(27)11-8-16/h3-14H,15H2,1-2H3,(H,31,32)/b23-14-. The van der Waals surface area contributed by atoms with Crippen molar-refractivity contribution in [3.05, 3.63) is 93.3 Å². The number of benzene rings is 3. The van der Waals surface area contributed by atoms with E-state index in [1.165, 1.54) is 17.8 Å². The number of aliphatic imine (C=N–C) groups is 1. The maximum atomic E-state index is 12.6. The molecule has 9 heteroatoms. The Labute approximate surface area is 211 Å². The van der Waals surface area contributed by atoms with E-state index in [0.717, 1.165) is 11.1 Å². The number of amidine groups is 1. The third kappa shape index (κ3) is 5.67. The van der Waals surface area contributed by atoms with Crippen molar-refractivity contribution in [3.8, 4) is 11.5 Å². The first-order valence-corrected chi connectivity index (χ1v) is 11.7. The van der Waals surface area contributed by atoms with Crippen LogP contribution in [0.1, 0.15) is 21.5 Å². The molecule has 0 radical (unpaired) electrons. The van der Waals surface area contributed by atoms with Gasteiger partial charge in [-0.1, -0.05) is 41.9 Å². The summed E-state index contributed by atoms with van der Waals surface area (Å²) in [5.41, 5.74) is 2.28. The molecule has 1 aliphatic rings. The summed E-state index contributed by atoms with van der Waals surface area (Å²) in [4.78, 5) is 30.2.